The zero-order chi connectivity index (χ0) is 16.9. The van der Waals surface area contributed by atoms with E-state index in [9.17, 15) is 30.7 Å². The third-order valence-electron chi connectivity index (χ3n) is 3.45. The van der Waals surface area contributed by atoms with Gasteiger partial charge in [-0.1, -0.05) is 62.1 Å². The molecule has 0 aromatic rings. The average molecular weight is 436 g/mol. The smallest absolute Gasteiger partial charge is 0.199 e. The third-order valence-corrected chi connectivity index (χ3v) is 4.94. The maximum Gasteiger partial charge on any atom is 0.459 e. The minimum absolute atomic E-state index is 0.211. The molecule has 0 aliphatic rings. The minimum atomic E-state index is -6.25. The van der Waals surface area contributed by atoms with Gasteiger partial charge >= 0.3 is 18.0 Å². The first-order chi connectivity index (χ1) is 9.43. The lowest BCUT2D eigenvalue weighted by Crippen LogP contribution is -2.57. The van der Waals surface area contributed by atoms with Crippen LogP contribution in [0.4, 0.5) is 30.7 Å². The molecule has 0 fully saturated rings. The van der Waals surface area contributed by atoms with Crippen molar-refractivity contribution in [3.63, 3.8) is 0 Å². The van der Waals surface area contributed by atoms with Gasteiger partial charge in [0.25, 0.3) is 0 Å². The Hall–Kier alpha value is 0.240. The van der Waals surface area contributed by atoms with Crippen LogP contribution in [0.2, 0.25) is 0 Å². The molecule has 2 unspecified atom stereocenters. The van der Waals surface area contributed by atoms with Crippen LogP contribution in [0.25, 0.3) is 0 Å². The molecule has 0 saturated heterocycles. The van der Waals surface area contributed by atoms with E-state index < -0.39 is 34.3 Å². The highest BCUT2D eigenvalue weighted by molar-refractivity contribution is 14.1. The van der Waals surface area contributed by atoms with Gasteiger partial charge in [-0.2, -0.15) is 30.7 Å². The number of hydrogen-bond acceptors (Lipinski definition) is 0. The van der Waals surface area contributed by atoms with Gasteiger partial charge in [0.15, 0.2) is 0 Å². The zero-order valence-electron chi connectivity index (χ0n) is 11.9. The molecule has 0 aliphatic heterocycles. The van der Waals surface area contributed by atoms with Gasteiger partial charge in [-0.05, 0) is 12.8 Å². The van der Waals surface area contributed by atoms with Crippen LogP contribution in [0, 0.1) is 5.92 Å². The van der Waals surface area contributed by atoms with Gasteiger partial charge in [0.2, 0.25) is 0 Å². The van der Waals surface area contributed by atoms with E-state index in [0.717, 1.165) is 19.3 Å². The molecule has 0 nitrogen and oxygen atoms in total. The van der Waals surface area contributed by atoms with Gasteiger partial charge in [0.05, 0.1) is 0 Å². The lowest BCUT2D eigenvalue weighted by molar-refractivity contribution is -0.365. The van der Waals surface area contributed by atoms with Crippen molar-refractivity contribution in [2.75, 3.05) is 0 Å². The normalized spacial score (nSPS) is 16.9. The fourth-order valence-corrected chi connectivity index (χ4v) is 3.53. The molecule has 21 heavy (non-hydrogen) atoms. The van der Waals surface area contributed by atoms with Crippen LogP contribution in [0.15, 0.2) is 0 Å². The Morgan fingerprint density at radius 3 is 1.76 bits per heavy atom. The largest absolute Gasteiger partial charge is 0.459 e. The van der Waals surface area contributed by atoms with Crippen LogP contribution in [-0.2, 0) is 0 Å². The summed E-state index contributed by atoms with van der Waals surface area (Å²) in [6, 6.07) is 0. The summed E-state index contributed by atoms with van der Waals surface area (Å²) in [5.41, 5.74) is 0. The number of halogens is 8. The van der Waals surface area contributed by atoms with Crippen LogP contribution in [0.3, 0.4) is 0 Å². The van der Waals surface area contributed by atoms with Crippen molar-refractivity contribution in [3.8, 4) is 0 Å². The van der Waals surface area contributed by atoms with E-state index in [2.05, 4.69) is 0 Å². The molecule has 0 bridgehead atoms. The van der Waals surface area contributed by atoms with Crippen molar-refractivity contribution in [2.45, 2.75) is 74.3 Å². The molecule has 0 rings (SSSR count). The van der Waals surface area contributed by atoms with Gasteiger partial charge in [0.1, 0.15) is 0 Å². The summed E-state index contributed by atoms with van der Waals surface area (Å²) in [6.45, 7) is 3.16. The standard InChI is InChI=1S/C13H20F7I/c1-3-5-6-7-8-10(21)9(4-2)11(14,15)12(16,17)13(18,19)20/h9-10H,3-8H2,1-2H3. The van der Waals surface area contributed by atoms with E-state index in [1.54, 1.807) is 22.6 Å². The van der Waals surface area contributed by atoms with Gasteiger partial charge < -0.3 is 0 Å². The monoisotopic (exact) mass is 436 g/mol. The van der Waals surface area contributed by atoms with Gasteiger partial charge in [-0.15, -0.1) is 0 Å². The highest BCUT2D eigenvalue weighted by Crippen LogP contribution is 2.52. The van der Waals surface area contributed by atoms with Crippen molar-refractivity contribution >= 4 is 22.6 Å². The lowest BCUT2D eigenvalue weighted by Gasteiger charge is -2.36. The number of unbranched alkanes of at least 4 members (excludes halogenated alkanes) is 3. The summed E-state index contributed by atoms with van der Waals surface area (Å²) in [4.78, 5) is 0. The molecule has 128 valence electrons. The molecule has 0 spiro atoms. The van der Waals surface area contributed by atoms with Crippen molar-refractivity contribution in [1.82, 2.24) is 0 Å². The Balaban J connectivity index is 4.98. The maximum atomic E-state index is 13.7. The highest BCUT2D eigenvalue weighted by atomic mass is 127. The Kier molecular flexibility index (Phi) is 8.29. The molecule has 0 aromatic carbocycles. The molecule has 0 amide bonds. The van der Waals surface area contributed by atoms with Gasteiger partial charge in [-0.25, -0.2) is 0 Å². The molecule has 0 heterocycles. The first-order valence-corrected chi connectivity index (χ1v) is 8.14. The second-order valence-corrected chi connectivity index (χ2v) is 6.68. The fourth-order valence-electron chi connectivity index (χ4n) is 2.13. The Morgan fingerprint density at radius 2 is 1.38 bits per heavy atom. The summed E-state index contributed by atoms with van der Waals surface area (Å²) in [7, 11) is 0. The summed E-state index contributed by atoms with van der Waals surface area (Å²) in [6.07, 6.45) is -3.36. The van der Waals surface area contributed by atoms with Crippen LogP contribution < -0.4 is 0 Å². The molecular weight excluding hydrogens is 416 g/mol. The van der Waals surface area contributed by atoms with Crippen molar-refractivity contribution < 1.29 is 30.7 Å². The van der Waals surface area contributed by atoms with E-state index in [4.69, 9.17) is 0 Å². The SMILES string of the molecule is CCCCCCC(I)C(CC)C(F)(F)C(F)(F)C(F)(F)F. The highest BCUT2D eigenvalue weighted by Gasteiger charge is 2.75. The lowest BCUT2D eigenvalue weighted by atomic mass is 9.88. The van der Waals surface area contributed by atoms with Crippen molar-refractivity contribution in [3.05, 3.63) is 0 Å². The van der Waals surface area contributed by atoms with Crippen LogP contribution >= 0.6 is 22.6 Å². The molecule has 0 radical (unpaired) electrons. The first-order valence-electron chi connectivity index (χ1n) is 6.89. The molecule has 0 aromatic heterocycles. The van der Waals surface area contributed by atoms with Crippen molar-refractivity contribution in [2.24, 2.45) is 5.92 Å². The second kappa shape index (κ2) is 8.19. The predicted octanol–water partition coefficient (Wildman–Crippen LogP) is 6.62. The van der Waals surface area contributed by atoms with Crippen LogP contribution in [-0.4, -0.2) is 21.9 Å². The number of hydrogen-bond donors (Lipinski definition) is 0. The average Bonchev–Trinajstić information content (AvgIpc) is 2.33. The second-order valence-electron chi connectivity index (χ2n) is 5.08. The van der Waals surface area contributed by atoms with E-state index >= 15 is 0 Å². The zero-order valence-corrected chi connectivity index (χ0v) is 14.1. The topological polar surface area (TPSA) is 0 Å². The number of alkyl halides is 8. The van der Waals surface area contributed by atoms with E-state index in [-0.39, 0.29) is 6.42 Å². The molecule has 2 atom stereocenters. The summed E-state index contributed by atoms with van der Waals surface area (Å²) in [5, 5.41) is 0. The van der Waals surface area contributed by atoms with Gasteiger partial charge in [0, 0.05) is 9.84 Å². The predicted molar refractivity (Wildman–Crippen MR) is 76.3 cm³/mol. The van der Waals surface area contributed by atoms with E-state index in [0.29, 0.717) is 6.42 Å². The molecule has 0 saturated carbocycles. The Bertz CT molecular complexity index is 301. The molecular formula is C13H20F7I. The minimum Gasteiger partial charge on any atom is -0.199 e. The van der Waals surface area contributed by atoms with Gasteiger partial charge in [-0.3, -0.25) is 0 Å². The summed E-state index contributed by atoms with van der Waals surface area (Å²) < 4.78 is 89.3. The molecule has 0 aliphatic carbocycles. The molecule has 8 heteroatoms. The maximum absolute atomic E-state index is 13.7. The van der Waals surface area contributed by atoms with E-state index in [1.165, 1.54) is 6.92 Å². The number of rotatable bonds is 9. The summed E-state index contributed by atoms with van der Waals surface area (Å²) >= 11 is 1.57. The first kappa shape index (κ1) is 21.2. The van der Waals surface area contributed by atoms with Crippen LogP contribution in [0.5, 0.6) is 0 Å². The van der Waals surface area contributed by atoms with E-state index in [1.807, 2.05) is 6.92 Å². The van der Waals surface area contributed by atoms with Crippen molar-refractivity contribution in [1.29, 1.82) is 0 Å². The Labute approximate surface area is 134 Å². The Morgan fingerprint density at radius 1 is 0.857 bits per heavy atom. The summed E-state index contributed by atoms with van der Waals surface area (Å²) in [5.74, 6) is -13.1. The molecule has 0 N–H and O–H groups in total. The third kappa shape index (κ3) is 5.13. The fraction of sp³-hybridized carbons (Fsp3) is 1.00. The quantitative estimate of drug-likeness (QED) is 0.165. The van der Waals surface area contributed by atoms with Crippen LogP contribution in [0.1, 0.15) is 52.4 Å².